The van der Waals surface area contributed by atoms with Crippen LogP contribution in [0.2, 0.25) is 0 Å². The largest absolute Gasteiger partial charge is 0.427 e. The van der Waals surface area contributed by atoms with Gasteiger partial charge in [-0.15, -0.1) is 0 Å². The Balaban J connectivity index is 1.36. The lowest BCUT2D eigenvalue weighted by molar-refractivity contribution is -0.131. The van der Waals surface area contributed by atoms with Gasteiger partial charge in [-0.05, 0) is 82.0 Å². The van der Waals surface area contributed by atoms with E-state index in [0.29, 0.717) is 40.9 Å². The molecule has 9 nitrogen and oxygen atoms in total. The maximum absolute atomic E-state index is 12.8. The average molecular weight is 555 g/mol. The molecule has 1 aromatic heterocycles. The van der Waals surface area contributed by atoms with Gasteiger partial charge in [-0.2, -0.15) is 5.26 Å². The predicted octanol–water partition coefficient (Wildman–Crippen LogP) is 4.57. The van der Waals surface area contributed by atoms with Crippen molar-refractivity contribution in [2.45, 2.75) is 65.6 Å². The number of carbonyl (C=O) groups excluding carboxylic acids is 2. The van der Waals surface area contributed by atoms with Crippen LogP contribution in [-0.2, 0) is 11.3 Å². The monoisotopic (exact) mass is 554 g/mol. The summed E-state index contributed by atoms with van der Waals surface area (Å²) in [5.74, 6) is 0.0555. The lowest BCUT2D eigenvalue weighted by Crippen LogP contribution is -2.46. The number of hydrogen-bond acceptors (Lipinski definition) is 8. The number of carbonyl (C=O) groups is 2. The number of aromatic nitrogens is 2. The zero-order valence-corrected chi connectivity index (χ0v) is 24.3. The van der Waals surface area contributed by atoms with Crippen molar-refractivity contribution in [1.82, 2.24) is 20.2 Å². The summed E-state index contributed by atoms with van der Waals surface area (Å²) in [7, 11) is 0. The van der Waals surface area contributed by atoms with Gasteiger partial charge in [0.1, 0.15) is 12.1 Å². The maximum atomic E-state index is 12.8. The van der Waals surface area contributed by atoms with E-state index in [1.54, 1.807) is 0 Å². The van der Waals surface area contributed by atoms with Gasteiger partial charge in [0.15, 0.2) is 0 Å². The van der Waals surface area contributed by atoms with Gasteiger partial charge in [0.05, 0.1) is 28.6 Å². The zero-order valence-electron chi connectivity index (χ0n) is 24.3. The highest BCUT2D eigenvalue weighted by atomic mass is 16.5. The Labute approximate surface area is 242 Å². The summed E-state index contributed by atoms with van der Waals surface area (Å²) in [4.78, 5) is 37.3. The van der Waals surface area contributed by atoms with Gasteiger partial charge in [-0.3, -0.25) is 9.59 Å². The van der Waals surface area contributed by atoms with Crippen molar-refractivity contribution < 1.29 is 14.3 Å². The van der Waals surface area contributed by atoms with Crippen LogP contribution in [0, 0.1) is 25.2 Å². The molecule has 1 unspecified atom stereocenters. The summed E-state index contributed by atoms with van der Waals surface area (Å²) in [6.07, 6.45) is 4.32. The molecule has 0 aliphatic carbocycles. The van der Waals surface area contributed by atoms with Crippen LogP contribution in [0.25, 0.3) is 0 Å². The summed E-state index contributed by atoms with van der Waals surface area (Å²) < 4.78 is 5.23. The topological polar surface area (TPSA) is 111 Å². The number of esters is 1. The lowest BCUT2D eigenvalue weighted by Gasteiger charge is -2.40. The highest BCUT2D eigenvalue weighted by Gasteiger charge is 2.26. The number of anilines is 1. The number of nitrogens with one attached hydrogen (secondary N) is 1. The number of ether oxygens (including phenoxy) is 1. The zero-order chi connectivity index (χ0) is 29.4. The van der Waals surface area contributed by atoms with Crippen LogP contribution < -0.4 is 15.0 Å². The molecule has 41 heavy (non-hydrogen) atoms. The number of benzene rings is 2. The fourth-order valence-corrected chi connectivity index (χ4v) is 5.36. The number of amides is 1. The SMILES string of the molecule is CC(=O)Oc1ccc(N(Cc2cccc(C#N)c2)C2CCN(CCC(C)NC(=O)c3c(C)ncnc3C)CC2)cc1. The van der Waals surface area contributed by atoms with Crippen molar-refractivity contribution in [1.29, 1.82) is 5.26 Å². The molecule has 1 fully saturated rings. The van der Waals surface area contributed by atoms with Gasteiger partial charge in [-0.1, -0.05) is 12.1 Å². The molecule has 0 spiro atoms. The quantitative estimate of drug-likeness (QED) is 0.287. The van der Waals surface area contributed by atoms with E-state index in [1.165, 1.54) is 13.3 Å². The van der Waals surface area contributed by atoms with E-state index >= 15 is 0 Å². The molecule has 9 heteroatoms. The standard InChI is InChI=1S/C32H38N6O3/c1-22(36-32(40)31-23(2)34-21-35-24(31)3)12-15-37-16-13-29(14-17-37)38(20-27-7-5-6-26(18-27)19-33)28-8-10-30(11-9-28)41-25(4)39/h5-11,18,21-22,29H,12-17,20H2,1-4H3,(H,36,40). The molecule has 2 heterocycles. The van der Waals surface area contributed by atoms with E-state index in [2.05, 4.69) is 37.2 Å². The van der Waals surface area contributed by atoms with Crippen LogP contribution in [0.3, 0.4) is 0 Å². The fourth-order valence-electron chi connectivity index (χ4n) is 5.36. The second-order valence-electron chi connectivity index (χ2n) is 10.7. The Kier molecular flexibility index (Phi) is 10.0. The highest BCUT2D eigenvalue weighted by Crippen LogP contribution is 2.28. The van der Waals surface area contributed by atoms with Gasteiger partial charge < -0.3 is 19.9 Å². The first kappa shape index (κ1) is 29.7. The van der Waals surface area contributed by atoms with Gasteiger partial charge in [0, 0.05) is 50.9 Å². The van der Waals surface area contributed by atoms with E-state index in [4.69, 9.17) is 4.74 Å². The third-order valence-electron chi connectivity index (χ3n) is 7.55. The van der Waals surface area contributed by atoms with Crippen molar-refractivity contribution in [3.8, 4) is 11.8 Å². The molecule has 3 aromatic rings. The van der Waals surface area contributed by atoms with E-state index in [0.717, 1.165) is 50.1 Å². The van der Waals surface area contributed by atoms with Crippen LogP contribution in [0.4, 0.5) is 5.69 Å². The van der Waals surface area contributed by atoms with Crippen LogP contribution in [0.1, 0.15) is 66.0 Å². The molecule has 1 aliphatic heterocycles. The molecule has 1 atom stereocenters. The molecule has 0 saturated carbocycles. The number of nitriles is 1. The van der Waals surface area contributed by atoms with E-state index in [-0.39, 0.29) is 17.9 Å². The molecule has 1 amide bonds. The Bertz CT molecular complexity index is 1370. The number of rotatable bonds is 10. The summed E-state index contributed by atoms with van der Waals surface area (Å²) >= 11 is 0. The van der Waals surface area contributed by atoms with Gasteiger partial charge >= 0.3 is 5.97 Å². The Morgan fingerprint density at radius 2 is 1.80 bits per heavy atom. The van der Waals surface area contributed by atoms with Gasteiger partial charge in [0.2, 0.25) is 0 Å². The molecule has 1 aliphatic rings. The van der Waals surface area contributed by atoms with Crippen LogP contribution in [0.15, 0.2) is 54.9 Å². The van der Waals surface area contributed by atoms with Crippen molar-refractivity contribution in [2.75, 3.05) is 24.5 Å². The Morgan fingerprint density at radius 1 is 1.12 bits per heavy atom. The van der Waals surface area contributed by atoms with Crippen molar-refractivity contribution in [3.63, 3.8) is 0 Å². The van der Waals surface area contributed by atoms with Gasteiger partial charge in [-0.25, -0.2) is 9.97 Å². The third-order valence-corrected chi connectivity index (χ3v) is 7.55. The van der Waals surface area contributed by atoms with Gasteiger partial charge in [0.25, 0.3) is 5.91 Å². The van der Waals surface area contributed by atoms with Crippen LogP contribution in [0.5, 0.6) is 5.75 Å². The second kappa shape index (κ2) is 13.9. The first-order valence-corrected chi connectivity index (χ1v) is 14.1. The molecule has 1 saturated heterocycles. The molecule has 2 aromatic carbocycles. The third kappa shape index (κ3) is 8.12. The smallest absolute Gasteiger partial charge is 0.308 e. The number of likely N-dealkylation sites (tertiary alicyclic amines) is 1. The van der Waals surface area contributed by atoms with Crippen LogP contribution in [-0.4, -0.2) is 58.5 Å². The summed E-state index contributed by atoms with van der Waals surface area (Å²) in [6, 6.07) is 17.9. The molecular weight excluding hydrogens is 516 g/mol. The van der Waals surface area contributed by atoms with E-state index in [1.807, 2.05) is 63.2 Å². The number of piperidine rings is 1. The molecule has 4 rings (SSSR count). The van der Waals surface area contributed by atoms with E-state index in [9.17, 15) is 14.9 Å². The highest BCUT2D eigenvalue weighted by molar-refractivity contribution is 5.96. The minimum Gasteiger partial charge on any atom is -0.427 e. The molecule has 214 valence electrons. The Hall–Kier alpha value is -4.29. The fraction of sp³-hybridized carbons (Fsp3) is 0.406. The first-order chi connectivity index (χ1) is 19.7. The molecule has 0 bridgehead atoms. The van der Waals surface area contributed by atoms with Crippen LogP contribution >= 0.6 is 0 Å². The number of aryl methyl sites for hydroxylation is 2. The normalized spacial score (nSPS) is 14.6. The second-order valence-corrected chi connectivity index (χ2v) is 10.7. The lowest BCUT2D eigenvalue weighted by atomic mass is 10.00. The molecular formula is C32H38N6O3. The number of hydrogen-bond donors (Lipinski definition) is 1. The molecule has 0 radical (unpaired) electrons. The minimum atomic E-state index is -0.344. The summed E-state index contributed by atoms with van der Waals surface area (Å²) in [5, 5.41) is 12.5. The van der Waals surface area contributed by atoms with E-state index < -0.39 is 0 Å². The van der Waals surface area contributed by atoms with Crippen molar-refractivity contribution in [2.24, 2.45) is 0 Å². The minimum absolute atomic E-state index is 0.0267. The number of nitrogens with zero attached hydrogens (tertiary/aromatic N) is 5. The summed E-state index contributed by atoms with van der Waals surface area (Å²) in [5.41, 5.74) is 4.71. The average Bonchev–Trinajstić information content (AvgIpc) is 2.95. The Morgan fingerprint density at radius 3 is 2.44 bits per heavy atom. The van der Waals surface area contributed by atoms with Crippen molar-refractivity contribution in [3.05, 3.63) is 82.9 Å². The molecule has 1 N–H and O–H groups in total. The summed E-state index contributed by atoms with van der Waals surface area (Å²) in [6.45, 7) is 10.6. The first-order valence-electron chi connectivity index (χ1n) is 14.1. The predicted molar refractivity (Wildman–Crippen MR) is 158 cm³/mol. The van der Waals surface area contributed by atoms with Crippen molar-refractivity contribution >= 4 is 17.6 Å². The maximum Gasteiger partial charge on any atom is 0.308 e.